The standard InChI is InChI=1S/C63H53BN2S2/c1-60(2,3)34-18-20-35(21-19-34)66-52-29-45-43-26-48-49(62(6,7)25-24-61(48,4)5)33-57(43)68-56(45)30-41(52)38-22-23-39-42-31-55-44(37-15-11-13-17-54(37)67-55)28-51(42)65-53-32-47-40(27-50(53)64(66)58(38)59(39)65)36-14-10-12-16-46(36)63(47,8)9/h10-23,26-33H,24-25H2,1-9H3. The molecule has 330 valence electrons. The van der Waals surface area contributed by atoms with Crippen molar-refractivity contribution in [1.82, 2.24) is 4.57 Å². The first-order valence-electron chi connectivity index (χ1n) is 24.7. The molecule has 0 unspecified atom stereocenters. The van der Waals surface area contributed by atoms with Gasteiger partial charge >= 0.3 is 6.85 Å². The maximum atomic E-state index is 2.75. The lowest BCUT2D eigenvalue weighted by Crippen LogP contribution is -2.60. The molecule has 0 saturated heterocycles. The van der Waals surface area contributed by atoms with E-state index in [0.29, 0.717) is 0 Å². The van der Waals surface area contributed by atoms with E-state index >= 15 is 0 Å². The molecule has 0 spiro atoms. The summed E-state index contributed by atoms with van der Waals surface area (Å²) >= 11 is 3.91. The molecule has 0 radical (unpaired) electrons. The van der Waals surface area contributed by atoms with Gasteiger partial charge in [-0.05, 0) is 145 Å². The number of rotatable bonds is 1. The van der Waals surface area contributed by atoms with Crippen LogP contribution in [-0.2, 0) is 21.7 Å². The number of nitrogens with zero attached hydrogens (tertiary/aromatic N) is 2. The first kappa shape index (κ1) is 39.8. The predicted molar refractivity (Wildman–Crippen MR) is 297 cm³/mol. The van der Waals surface area contributed by atoms with Crippen molar-refractivity contribution >= 4 is 114 Å². The molecule has 2 aliphatic heterocycles. The highest BCUT2D eigenvalue weighted by Crippen LogP contribution is 2.54. The SMILES string of the molecule is CC(C)(C)c1ccc(N2B3c4cc5c(cc4-n4c6cc7c(cc6c6ccc(c3c64)-c3cc4sc6cc8c(cc6c4cc32)C(C)(C)CCC8(C)C)sc2ccccc27)C(C)(C)c2ccccc2-5)cc1. The summed E-state index contributed by atoms with van der Waals surface area (Å²) in [4.78, 5) is 2.75. The minimum atomic E-state index is -0.141. The van der Waals surface area contributed by atoms with Gasteiger partial charge in [0.2, 0.25) is 0 Å². The zero-order valence-electron chi connectivity index (χ0n) is 40.4. The highest BCUT2D eigenvalue weighted by Gasteiger charge is 2.47. The van der Waals surface area contributed by atoms with E-state index in [9.17, 15) is 0 Å². The Morgan fingerprint density at radius 1 is 0.485 bits per heavy atom. The summed E-state index contributed by atoms with van der Waals surface area (Å²) in [6, 6.07) is 53.3. The highest BCUT2D eigenvalue weighted by atomic mass is 32.1. The third-order valence-corrected chi connectivity index (χ3v) is 19.6. The van der Waals surface area contributed by atoms with Gasteiger partial charge in [0, 0.05) is 79.2 Å². The molecule has 5 heteroatoms. The van der Waals surface area contributed by atoms with Crippen molar-refractivity contribution in [3.8, 4) is 27.9 Å². The lowest BCUT2D eigenvalue weighted by molar-refractivity contribution is 0.332. The molecule has 2 aliphatic carbocycles. The number of hydrogen-bond acceptors (Lipinski definition) is 3. The summed E-state index contributed by atoms with van der Waals surface area (Å²) in [6.07, 6.45) is 2.42. The Labute approximate surface area is 407 Å². The average molecular weight is 913 g/mol. The lowest BCUT2D eigenvalue weighted by Gasteiger charge is -2.42. The molecule has 15 rings (SSSR count). The van der Waals surface area contributed by atoms with Gasteiger partial charge in [-0.2, -0.15) is 0 Å². The Hall–Kier alpha value is -6.14. The molecular formula is C63H53BN2S2. The largest absolute Gasteiger partial charge is 0.376 e. The van der Waals surface area contributed by atoms with Crippen LogP contribution in [-0.4, -0.2) is 11.4 Å². The summed E-state index contributed by atoms with van der Waals surface area (Å²) in [5.41, 5.74) is 22.1. The number of anilines is 2. The van der Waals surface area contributed by atoms with Gasteiger partial charge in [-0.15, -0.1) is 22.7 Å². The van der Waals surface area contributed by atoms with Crippen molar-refractivity contribution in [1.29, 1.82) is 0 Å². The summed E-state index contributed by atoms with van der Waals surface area (Å²) in [5.74, 6) is 0. The fraction of sp³-hybridized carbons (Fsp3) is 0.238. The number of fused-ring (bicyclic) bond motifs is 18. The first-order valence-corrected chi connectivity index (χ1v) is 26.4. The molecule has 4 aliphatic rings. The van der Waals surface area contributed by atoms with Crippen LogP contribution in [0, 0.1) is 0 Å². The van der Waals surface area contributed by atoms with Gasteiger partial charge in [-0.3, -0.25) is 0 Å². The number of benzene rings is 8. The van der Waals surface area contributed by atoms with Crippen molar-refractivity contribution in [2.24, 2.45) is 0 Å². The van der Waals surface area contributed by atoms with Crippen molar-refractivity contribution in [2.45, 2.75) is 96.8 Å². The Balaban J connectivity index is 1.09. The van der Waals surface area contributed by atoms with Crippen LogP contribution in [0.2, 0.25) is 0 Å². The molecule has 0 amide bonds. The zero-order valence-corrected chi connectivity index (χ0v) is 42.0. The molecule has 0 N–H and O–H groups in total. The molecule has 11 aromatic rings. The maximum Gasteiger partial charge on any atom is 0.333 e. The van der Waals surface area contributed by atoms with Crippen LogP contribution in [0.3, 0.4) is 0 Å². The Morgan fingerprint density at radius 3 is 1.96 bits per heavy atom. The van der Waals surface area contributed by atoms with Crippen molar-refractivity contribution in [2.75, 3.05) is 4.81 Å². The fourth-order valence-corrected chi connectivity index (χ4v) is 15.8. The quantitative estimate of drug-likeness (QED) is 0.149. The fourth-order valence-electron chi connectivity index (χ4n) is 13.5. The average Bonchev–Trinajstić information content (AvgIpc) is 4.03. The van der Waals surface area contributed by atoms with E-state index in [0.717, 1.165) is 0 Å². The van der Waals surface area contributed by atoms with Crippen molar-refractivity contribution in [3.05, 3.63) is 161 Å². The second kappa shape index (κ2) is 12.7. The van der Waals surface area contributed by atoms with Crippen molar-refractivity contribution < 1.29 is 0 Å². The molecule has 5 heterocycles. The second-order valence-corrected chi connectivity index (χ2v) is 25.7. The van der Waals surface area contributed by atoms with Crippen LogP contribution in [0.15, 0.2) is 133 Å². The van der Waals surface area contributed by atoms with E-state index in [1.807, 2.05) is 22.7 Å². The summed E-state index contributed by atoms with van der Waals surface area (Å²) in [5, 5.41) is 8.12. The van der Waals surface area contributed by atoms with E-state index in [1.165, 1.54) is 153 Å². The smallest absolute Gasteiger partial charge is 0.333 e. The molecule has 2 nitrogen and oxygen atoms in total. The molecular weight excluding hydrogens is 860 g/mol. The van der Waals surface area contributed by atoms with Gasteiger partial charge in [0.1, 0.15) is 0 Å². The third-order valence-electron chi connectivity index (χ3n) is 17.4. The maximum absolute atomic E-state index is 2.75. The Kier molecular flexibility index (Phi) is 7.46. The number of aromatic nitrogens is 1. The van der Waals surface area contributed by atoms with Crippen LogP contribution in [0.4, 0.5) is 11.4 Å². The predicted octanol–water partition coefficient (Wildman–Crippen LogP) is 16.7. The van der Waals surface area contributed by atoms with Crippen molar-refractivity contribution in [3.63, 3.8) is 0 Å². The third kappa shape index (κ3) is 4.99. The van der Waals surface area contributed by atoms with E-state index in [-0.39, 0.29) is 28.5 Å². The molecule has 68 heavy (non-hydrogen) atoms. The van der Waals surface area contributed by atoms with Gasteiger partial charge in [0.25, 0.3) is 0 Å². The molecule has 8 aromatic carbocycles. The summed E-state index contributed by atoms with van der Waals surface area (Å²) < 4.78 is 8.16. The zero-order chi connectivity index (χ0) is 46.1. The van der Waals surface area contributed by atoms with Gasteiger partial charge < -0.3 is 9.38 Å². The molecule has 3 aromatic heterocycles. The van der Waals surface area contributed by atoms with Gasteiger partial charge in [0.15, 0.2) is 0 Å². The van der Waals surface area contributed by atoms with Crippen LogP contribution in [0.1, 0.15) is 103 Å². The number of hydrogen-bond donors (Lipinski definition) is 0. The van der Waals surface area contributed by atoms with E-state index in [2.05, 4.69) is 205 Å². The lowest BCUT2D eigenvalue weighted by atomic mass is 9.43. The second-order valence-electron chi connectivity index (χ2n) is 23.5. The van der Waals surface area contributed by atoms with E-state index in [1.54, 1.807) is 0 Å². The van der Waals surface area contributed by atoms with E-state index < -0.39 is 0 Å². The summed E-state index contributed by atoms with van der Waals surface area (Å²) in [6.45, 7) is 21.6. The van der Waals surface area contributed by atoms with E-state index in [4.69, 9.17) is 0 Å². The Bertz CT molecular complexity index is 4110. The minimum absolute atomic E-state index is 0.0402. The van der Waals surface area contributed by atoms with Crippen LogP contribution < -0.4 is 15.7 Å². The van der Waals surface area contributed by atoms with Crippen LogP contribution in [0.5, 0.6) is 0 Å². The Morgan fingerprint density at radius 2 is 1.16 bits per heavy atom. The number of thiophene rings is 2. The molecule has 0 atom stereocenters. The van der Waals surface area contributed by atoms with Gasteiger partial charge in [-0.25, -0.2) is 0 Å². The monoisotopic (exact) mass is 912 g/mol. The molecule has 0 saturated carbocycles. The highest BCUT2D eigenvalue weighted by molar-refractivity contribution is 7.26. The van der Waals surface area contributed by atoms with Gasteiger partial charge in [0.05, 0.1) is 11.0 Å². The normalized spacial score (nSPS) is 17.1. The summed E-state index contributed by atoms with van der Waals surface area (Å²) in [7, 11) is 0. The minimum Gasteiger partial charge on any atom is -0.376 e. The molecule has 0 fully saturated rings. The topological polar surface area (TPSA) is 8.17 Å². The van der Waals surface area contributed by atoms with Crippen LogP contribution >= 0.6 is 22.7 Å². The van der Waals surface area contributed by atoms with Crippen LogP contribution in [0.25, 0.3) is 90.1 Å². The van der Waals surface area contributed by atoms with Gasteiger partial charge in [-0.1, -0.05) is 135 Å². The first-order chi connectivity index (χ1) is 32.6. The molecule has 0 bridgehead atoms.